The third kappa shape index (κ3) is 6.13. The van der Waals surface area contributed by atoms with Crippen molar-refractivity contribution in [2.75, 3.05) is 0 Å². The normalized spacial score (nSPS) is 18.0. The summed E-state index contributed by atoms with van der Waals surface area (Å²) >= 11 is 6.06. The molecule has 1 aliphatic heterocycles. The lowest BCUT2D eigenvalue weighted by atomic mass is 9.85. The number of fused-ring (bicyclic) bond motifs is 2. The summed E-state index contributed by atoms with van der Waals surface area (Å²) in [6, 6.07) is 20.0. The number of nitrogens with zero attached hydrogens (tertiary/aromatic N) is 5. The lowest BCUT2D eigenvalue weighted by molar-refractivity contribution is -0.387. The van der Waals surface area contributed by atoms with Gasteiger partial charge in [-0.3, -0.25) is 29.0 Å². The number of aryl methyl sites for hydroxylation is 1. The van der Waals surface area contributed by atoms with Gasteiger partial charge in [0.15, 0.2) is 4.90 Å². The first-order valence-electron chi connectivity index (χ1n) is 16.0. The van der Waals surface area contributed by atoms with Crippen LogP contribution < -0.4 is 11.0 Å². The average molecular weight is 701 g/mol. The van der Waals surface area contributed by atoms with Crippen molar-refractivity contribution in [2.45, 2.75) is 63.2 Å². The second-order valence-electron chi connectivity index (χ2n) is 12.6. The molecule has 0 saturated heterocycles. The molecular weight excluding hydrogens is 668 g/mol. The summed E-state index contributed by atoms with van der Waals surface area (Å²) in [7, 11) is -4.16. The Morgan fingerprint density at radius 2 is 1.67 bits per heavy atom. The van der Waals surface area contributed by atoms with Crippen molar-refractivity contribution in [3.05, 3.63) is 127 Å². The zero-order chi connectivity index (χ0) is 34.4. The molecule has 2 aromatic heterocycles. The fraction of sp³-hybridized carbons (Fsp3) is 0.286. The Morgan fingerprint density at radius 1 is 0.980 bits per heavy atom. The summed E-state index contributed by atoms with van der Waals surface area (Å²) in [6.45, 7) is 2.40. The summed E-state index contributed by atoms with van der Waals surface area (Å²) < 4.78 is 31.7. The molecule has 3 aromatic carbocycles. The van der Waals surface area contributed by atoms with Gasteiger partial charge in [0.25, 0.3) is 21.6 Å². The number of nitro groups is 1. The molecule has 49 heavy (non-hydrogen) atoms. The molecule has 2 aliphatic rings. The van der Waals surface area contributed by atoms with Crippen LogP contribution in [0.3, 0.4) is 0 Å². The lowest BCUT2D eigenvalue weighted by Gasteiger charge is -2.29. The van der Waals surface area contributed by atoms with Crippen LogP contribution in [0.5, 0.6) is 0 Å². The van der Waals surface area contributed by atoms with E-state index in [4.69, 9.17) is 11.6 Å². The number of aromatic nitrogens is 3. The number of carbonyl (C=O) groups excluding carboxylic acids is 1. The topological polar surface area (TPSA) is 149 Å². The van der Waals surface area contributed by atoms with Gasteiger partial charge in [0.05, 0.1) is 37.9 Å². The number of hydrogen-bond donors (Lipinski definition) is 1. The minimum absolute atomic E-state index is 0.0167. The van der Waals surface area contributed by atoms with E-state index in [1.54, 1.807) is 22.1 Å². The first-order valence-corrected chi connectivity index (χ1v) is 17.8. The highest BCUT2D eigenvalue weighted by atomic mass is 35.5. The minimum Gasteiger partial charge on any atom is -0.349 e. The Hall–Kier alpha value is -4.85. The Kier molecular flexibility index (Phi) is 8.59. The number of sulfonamides is 1. The number of pyridine rings is 1. The Balaban J connectivity index is 1.09. The number of halogens is 1. The Bertz CT molecular complexity index is 2290. The molecule has 1 saturated carbocycles. The molecule has 0 spiro atoms. The number of para-hydroxylation sites is 3. The van der Waals surface area contributed by atoms with Gasteiger partial charge in [0.1, 0.15) is 0 Å². The molecule has 1 fully saturated rings. The van der Waals surface area contributed by atoms with Crippen molar-refractivity contribution in [3.63, 3.8) is 0 Å². The number of carbonyl (C=O) groups is 1. The van der Waals surface area contributed by atoms with Crippen LogP contribution in [-0.2, 0) is 29.7 Å². The van der Waals surface area contributed by atoms with Gasteiger partial charge in [-0.25, -0.2) is 13.2 Å². The number of nitrogens with one attached hydrogen (secondary N) is 1. The second-order valence-corrected chi connectivity index (χ2v) is 15.0. The van der Waals surface area contributed by atoms with Gasteiger partial charge in [-0.2, -0.15) is 4.31 Å². The highest BCUT2D eigenvalue weighted by Crippen LogP contribution is 2.34. The summed E-state index contributed by atoms with van der Waals surface area (Å²) in [4.78, 5) is 41.7. The molecule has 3 heterocycles. The lowest BCUT2D eigenvalue weighted by Crippen LogP contribution is -2.39. The van der Waals surface area contributed by atoms with E-state index in [2.05, 4.69) is 10.3 Å². The first-order chi connectivity index (χ1) is 23.5. The molecule has 0 bridgehead atoms. The van der Waals surface area contributed by atoms with E-state index in [1.165, 1.54) is 34.8 Å². The number of imidazole rings is 1. The summed E-state index contributed by atoms with van der Waals surface area (Å²) in [6.07, 6.45) is 4.77. The monoisotopic (exact) mass is 700 g/mol. The van der Waals surface area contributed by atoms with E-state index in [-0.39, 0.29) is 41.5 Å². The smallest absolute Gasteiger partial charge is 0.333 e. The van der Waals surface area contributed by atoms with Crippen LogP contribution in [0.4, 0.5) is 5.69 Å². The molecule has 7 rings (SSSR count). The molecule has 14 heteroatoms. The summed E-state index contributed by atoms with van der Waals surface area (Å²) in [5.74, 6) is 0.0483. The van der Waals surface area contributed by atoms with Crippen molar-refractivity contribution in [3.8, 4) is 5.69 Å². The van der Waals surface area contributed by atoms with Crippen LogP contribution in [-0.4, -0.2) is 43.7 Å². The second kappa shape index (κ2) is 12.9. The third-order valence-corrected chi connectivity index (χ3v) is 11.6. The quantitative estimate of drug-likeness (QED) is 0.160. The van der Waals surface area contributed by atoms with Crippen LogP contribution in [0.15, 0.2) is 88.7 Å². The van der Waals surface area contributed by atoms with E-state index >= 15 is 0 Å². The highest BCUT2D eigenvalue weighted by Gasteiger charge is 2.35. The summed E-state index contributed by atoms with van der Waals surface area (Å²) in [5, 5.41) is 15.1. The number of hydrogen-bond acceptors (Lipinski definition) is 7. The molecule has 0 unspecified atom stereocenters. The van der Waals surface area contributed by atoms with Gasteiger partial charge in [-0.1, -0.05) is 41.9 Å². The molecule has 12 nitrogen and oxygen atoms in total. The SMILES string of the molecule is Cc1ncc(Cl)cc1C(=O)NC1CCC(Cn2c(=O)n(-c3ccc4c(c3)CN(S(=O)(=O)c3ccccc3[N+](=O)[O-])C4)c3ccccc32)CC1. The van der Waals surface area contributed by atoms with E-state index in [9.17, 15) is 28.1 Å². The minimum atomic E-state index is -4.16. The van der Waals surface area contributed by atoms with Crippen LogP contribution in [0.1, 0.15) is 52.9 Å². The fourth-order valence-corrected chi connectivity index (χ4v) is 8.72. The van der Waals surface area contributed by atoms with Gasteiger partial charge < -0.3 is 5.32 Å². The van der Waals surface area contributed by atoms with Crippen LogP contribution in [0.25, 0.3) is 16.7 Å². The van der Waals surface area contributed by atoms with Gasteiger partial charge in [0, 0.05) is 37.9 Å². The zero-order valence-corrected chi connectivity index (χ0v) is 28.2. The van der Waals surface area contributed by atoms with Crippen molar-refractivity contribution >= 4 is 44.3 Å². The van der Waals surface area contributed by atoms with E-state index in [0.717, 1.165) is 47.8 Å². The number of amides is 1. The standard InChI is InChI=1S/C35H33ClN6O6S/c1-22-29(17-26(36)18-37-22)34(43)38-27-13-10-23(11-14-27)19-40-30-6-2-3-7-31(30)41(35(40)44)28-15-12-24-20-39(21-25(24)16-28)49(47,48)33-9-5-4-8-32(33)42(45)46/h2-9,12,15-18,23,27H,10-11,13-14,19-21H2,1H3,(H,38,43). The van der Waals surface area contributed by atoms with Gasteiger partial charge >= 0.3 is 5.69 Å². The highest BCUT2D eigenvalue weighted by molar-refractivity contribution is 7.89. The fourth-order valence-electron chi connectivity index (χ4n) is 7.01. The van der Waals surface area contributed by atoms with E-state index in [0.29, 0.717) is 28.5 Å². The largest absolute Gasteiger partial charge is 0.349 e. The van der Waals surface area contributed by atoms with Crippen LogP contribution in [0.2, 0.25) is 5.02 Å². The van der Waals surface area contributed by atoms with Crippen LogP contribution >= 0.6 is 11.6 Å². The molecule has 0 atom stereocenters. The molecule has 1 N–H and O–H groups in total. The molecule has 1 aliphatic carbocycles. The van der Waals surface area contributed by atoms with Gasteiger partial charge in [-0.15, -0.1) is 0 Å². The predicted molar refractivity (Wildman–Crippen MR) is 184 cm³/mol. The molecule has 0 radical (unpaired) electrons. The molecular formula is C35H33ClN6O6S. The van der Waals surface area contributed by atoms with Crippen molar-refractivity contribution in [1.82, 2.24) is 23.7 Å². The Morgan fingerprint density at radius 3 is 2.43 bits per heavy atom. The number of rotatable bonds is 8. The van der Waals surface area contributed by atoms with Crippen molar-refractivity contribution < 1.29 is 18.1 Å². The number of benzene rings is 3. The maximum Gasteiger partial charge on any atom is 0.333 e. The molecule has 5 aromatic rings. The first kappa shape index (κ1) is 32.7. The van der Waals surface area contributed by atoms with Gasteiger partial charge in [-0.05, 0) is 86.1 Å². The predicted octanol–water partition coefficient (Wildman–Crippen LogP) is 5.75. The van der Waals surface area contributed by atoms with Crippen LogP contribution in [0, 0.1) is 23.0 Å². The molecule has 252 valence electrons. The summed E-state index contributed by atoms with van der Waals surface area (Å²) in [5.41, 5.74) is 4.08. The zero-order valence-electron chi connectivity index (χ0n) is 26.6. The Labute approximate surface area is 287 Å². The number of nitro benzene ring substituents is 1. The van der Waals surface area contributed by atoms with E-state index in [1.807, 2.05) is 42.5 Å². The van der Waals surface area contributed by atoms with E-state index < -0.39 is 20.6 Å². The molecule has 1 amide bonds. The maximum absolute atomic E-state index is 14.1. The van der Waals surface area contributed by atoms with Gasteiger partial charge in [0.2, 0.25) is 0 Å². The van der Waals surface area contributed by atoms with Crippen molar-refractivity contribution in [1.29, 1.82) is 0 Å². The maximum atomic E-state index is 14.1. The third-order valence-electron chi connectivity index (χ3n) is 9.58. The van der Waals surface area contributed by atoms with Crippen molar-refractivity contribution in [2.24, 2.45) is 5.92 Å². The average Bonchev–Trinajstić information content (AvgIpc) is 3.65.